The van der Waals surface area contributed by atoms with Crippen LogP contribution in [-0.4, -0.2) is 18.3 Å². The van der Waals surface area contributed by atoms with E-state index in [-0.39, 0.29) is 5.60 Å². The van der Waals surface area contributed by atoms with Gasteiger partial charge in [0, 0.05) is 4.90 Å². The van der Waals surface area contributed by atoms with E-state index in [1.165, 1.54) is 16.4 Å². The van der Waals surface area contributed by atoms with E-state index in [1.807, 2.05) is 24.3 Å². The molecule has 0 spiro atoms. The SMILES string of the molecule is CC(=CCOc1ccc(SS)cc1)CCC1OC1(C)C. The van der Waals surface area contributed by atoms with E-state index < -0.39 is 0 Å². The molecule has 20 heavy (non-hydrogen) atoms. The first kappa shape index (κ1) is 15.8. The second-order valence-corrected chi connectivity index (χ2v) is 6.87. The van der Waals surface area contributed by atoms with E-state index in [0.29, 0.717) is 12.7 Å². The summed E-state index contributed by atoms with van der Waals surface area (Å²) in [6.07, 6.45) is 4.75. The quantitative estimate of drug-likeness (QED) is 0.335. The molecular weight excluding hydrogens is 288 g/mol. The molecule has 0 aliphatic carbocycles. The molecule has 1 atom stereocenters. The van der Waals surface area contributed by atoms with Crippen LogP contribution in [0.5, 0.6) is 5.75 Å². The van der Waals surface area contributed by atoms with Crippen molar-refractivity contribution >= 4 is 22.5 Å². The first-order valence-electron chi connectivity index (χ1n) is 6.89. The van der Waals surface area contributed by atoms with E-state index in [0.717, 1.165) is 23.5 Å². The molecule has 1 saturated heterocycles. The van der Waals surface area contributed by atoms with Crippen molar-refractivity contribution in [2.24, 2.45) is 0 Å². The van der Waals surface area contributed by atoms with Crippen molar-refractivity contribution in [3.05, 3.63) is 35.9 Å². The maximum atomic E-state index is 5.70. The van der Waals surface area contributed by atoms with E-state index >= 15 is 0 Å². The molecule has 110 valence electrons. The fraction of sp³-hybridized carbons (Fsp3) is 0.500. The average Bonchev–Trinajstić information content (AvgIpc) is 3.05. The van der Waals surface area contributed by atoms with Gasteiger partial charge < -0.3 is 9.47 Å². The van der Waals surface area contributed by atoms with Crippen LogP contribution in [0.4, 0.5) is 0 Å². The molecule has 1 heterocycles. The van der Waals surface area contributed by atoms with Crippen molar-refractivity contribution < 1.29 is 9.47 Å². The Hall–Kier alpha value is -0.580. The Bertz CT molecular complexity index is 466. The maximum absolute atomic E-state index is 5.70. The van der Waals surface area contributed by atoms with Gasteiger partial charge in [0.15, 0.2) is 0 Å². The Morgan fingerprint density at radius 1 is 1.40 bits per heavy atom. The zero-order chi connectivity index (χ0) is 14.6. The van der Waals surface area contributed by atoms with Crippen molar-refractivity contribution in [2.45, 2.75) is 50.2 Å². The molecule has 0 radical (unpaired) electrons. The number of epoxide rings is 1. The summed E-state index contributed by atoms with van der Waals surface area (Å²) in [7, 11) is 1.44. The van der Waals surface area contributed by atoms with Crippen LogP contribution in [0, 0.1) is 0 Å². The first-order chi connectivity index (χ1) is 9.51. The van der Waals surface area contributed by atoms with E-state index in [9.17, 15) is 0 Å². The van der Waals surface area contributed by atoms with Gasteiger partial charge in [-0.25, -0.2) is 0 Å². The smallest absolute Gasteiger partial charge is 0.119 e. The van der Waals surface area contributed by atoms with Crippen LogP contribution >= 0.6 is 22.5 Å². The van der Waals surface area contributed by atoms with Gasteiger partial charge >= 0.3 is 0 Å². The van der Waals surface area contributed by atoms with Crippen LogP contribution in [0.15, 0.2) is 40.8 Å². The van der Waals surface area contributed by atoms with Crippen molar-refractivity contribution in [3.63, 3.8) is 0 Å². The fourth-order valence-electron chi connectivity index (χ4n) is 2.08. The highest BCUT2D eigenvalue weighted by Gasteiger charge is 2.46. The van der Waals surface area contributed by atoms with Crippen molar-refractivity contribution in [1.29, 1.82) is 0 Å². The van der Waals surface area contributed by atoms with Gasteiger partial charge in [0.1, 0.15) is 12.4 Å². The van der Waals surface area contributed by atoms with Crippen LogP contribution in [0.1, 0.15) is 33.6 Å². The van der Waals surface area contributed by atoms with Crippen LogP contribution in [0.25, 0.3) is 0 Å². The summed E-state index contributed by atoms with van der Waals surface area (Å²) in [5.41, 5.74) is 1.46. The molecule has 1 unspecified atom stereocenters. The second-order valence-electron chi connectivity index (χ2n) is 5.67. The average molecular weight is 310 g/mol. The molecule has 0 aromatic heterocycles. The highest BCUT2D eigenvalue weighted by molar-refractivity contribution is 8.68. The highest BCUT2D eigenvalue weighted by Crippen LogP contribution is 2.38. The Balaban J connectivity index is 1.69. The summed E-state index contributed by atoms with van der Waals surface area (Å²) in [4.78, 5) is 1.12. The molecule has 2 rings (SSSR count). The molecular formula is C16H22O2S2. The van der Waals surface area contributed by atoms with Gasteiger partial charge in [0.05, 0.1) is 11.7 Å². The lowest BCUT2D eigenvalue weighted by atomic mass is 10.0. The zero-order valence-corrected chi connectivity index (χ0v) is 14.0. The monoisotopic (exact) mass is 310 g/mol. The van der Waals surface area contributed by atoms with Crippen molar-refractivity contribution in [1.82, 2.24) is 0 Å². The topological polar surface area (TPSA) is 21.8 Å². The lowest BCUT2D eigenvalue weighted by molar-refractivity contribution is 0.320. The molecule has 4 heteroatoms. The third-order valence-corrected chi connectivity index (χ3v) is 4.69. The third-order valence-electron chi connectivity index (χ3n) is 3.58. The van der Waals surface area contributed by atoms with Crippen molar-refractivity contribution in [3.8, 4) is 5.75 Å². The largest absolute Gasteiger partial charge is 0.490 e. The number of ether oxygens (including phenoxy) is 2. The zero-order valence-electron chi connectivity index (χ0n) is 12.3. The van der Waals surface area contributed by atoms with Gasteiger partial charge in [0.2, 0.25) is 0 Å². The van der Waals surface area contributed by atoms with Crippen LogP contribution < -0.4 is 4.74 Å². The molecule has 2 nitrogen and oxygen atoms in total. The molecule has 1 fully saturated rings. The van der Waals surface area contributed by atoms with E-state index in [2.05, 4.69) is 38.5 Å². The van der Waals surface area contributed by atoms with Gasteiger partial charge in [-0.2, -0.15) is 0 Å². The standard InChI is InChI=1S/C16H22O2S2/c1-12(4-9-15-16(2,3)18-15)10-11-17-13-5-7-14(20-19)8-6-13/h5-8,10,15,19H,4,9,11H2,1-3H3. The van der Waals surface area contributed by atoms with Crippen LogP contribution in [0.3, 0.4) is 0 Å². The summed E-state index contributed by atoms with van der Waals surface area (Å²) < 4.78 is 11.3. The number of benzene rings is 1. The summed E-state index contributed by atoms with van der Waals surface area (Å²) in [6.45, 7) is 7.06. The third kappa shape index (κ3) is 4.76. The number of allylic oxidation sites excluding steroid dienone is 1. The first-order valence-corrected chi connectivity index (χ1v) is 8.76. The predicted octanol–water partition coefficient (Wildman–Crippen LogP) is 4.91. The lowest BCUT2D eigenvalue weighted by Crippen LogP contribution is -2.03. The summed E-state index contributed by atoms with van der Waals surface area (Å²) in [6, 6.07) is 7.97. The fourth-order valence-corrected chi connectivity index (χ4v) is 2.70. The number of hydrogen-bond donors (Lipinski definition) is 1. The Labute approximate surface area is 130 Å². The van der Waals surface area contributed by atoms with Gasteiger partial charge in [-0.15, -0.1) is 11.7 Å². The normalized spacial score (nSPS) is 20.8. The molecule has 0 bridgehead atoms. The molecule has 1 aliphatic rings. The summed E-state index contributed by atoms with van der Waals surface area (Å²) in [5.74, 6) is 0.895. The van der Waals surface area contributed by atoms with Gasteiger partial charge in [-0.1, -0.05) is 16.4 Å². The molecule has 0 N–H and O–H groups in total. The van der Waals surface area contributed by atoms with Gasteiger partial charge in [0.25, 0.3) is 0 Å². The number of hydrogen-bond acceptors (Lipinski definition) is 4. The molecule has 0 amide bonds. The highest BCUT2D eigenvalue weighted by atomic mass is 33.1. The molecule has 1 aromatic carbocycles. The van der Waals surface area contributed by atoms with E-state index in [1.54, 1.807) is 0 Å². The minimum atomic E-state index is 0.101. The number of thiol groups is 1. The van der Waals surface area contributed by atoms with Gasteiger partial charge in [-0.05, 0) is 64.0 Å². The van der Waals surface area contributed by atoms with Crippen LogP contribution in [-0.2, 0) is 4.74 Å². The summed E-state index contributed by atoms with van der Waals surface area (Å²) in [5, 5.41) is 0. The molecule has 1 aromatic rings. The van der Waals surface area contributed by atoms with Gasteiger partial charge in [-0.3, -0.25) is 0 Å². The maximum Gasteiger partial charge on any atom is 0.119 e. The van der Waals surface area contributed by atoms with Crippen LogP contribution in [0.2, 0.25) is 0 Å². The Kier molecular flexibility index (Phi) is 5.47. The molecule has 0 saturated carbocycles. The summed E-state index contributed by atoms with van der Waals surface area (Å²) >= 11 is 4.15. The number of rotatable bonds is 7. The van der Waals surface area contributed by atoms with E-state index in [4.69, 9.17) is 9.47 Å². The lowest BCUT2D eigenvalue weighted by Gasteiger charge is -2.05. The Morgan fingerprint density at radius 2 is 2.05 bits per heavy atom. The minimum Gasteiger partial charge on any atom is -0.490 e. The predicted molar refractivity (Wildman–Crippen MR) is 88.7 cm³/mol. The van der Waals surface area contributed by atoms with Crippen molar-refractivity contribution in [2.75, 3.05) is 6.61 Å². The molecule has 1 aliphatic heterocycles. The second kappa shape index (κ2) is 6.92. The minimum absolute atomic E-state index is 0.101. The Morgan fingerprint density at radius 3 is 2.60 bits per heavy atom.